The number of hydrogen-bond donors (Lipinski definition) is 1. The minimum absolute atomic E-state index is 0.182. The molecule has 0 bridgehead atoms. The number of rotatable bonds is 0. The molecule has 1 fully saturated rings. The van der Waals surface area contributed by atoms with Crippen LogP contribution in [0.5, 0.6) is 0 Å². The van der Waals surface area contributed by atoms with Crippen molar-refractivity contribution in [3.63, 3.8) is 0 Å². The van der Waals surface area contributed by atoms with Crippen LogP contribution in [0.25, 0.3) is 0 Å². The maximum absolute atomic E-state index is 12.1. The Kier molecular flexibility index (Phi) is 2.42. The van der Waals surface area contributed by atoms with E-state index >= 15 is 0 Å². The zero-order chi connectivity index (χ0) is 8.48. The topological polar surface area (TPSA) is 26.0 Å². The Morgan fingerprint density at radius 2 is 2.00 bits per heavy atom. The fourth-order valence-electron chi connectivity index (χ4n) is 1.39. The molecular weight excluding hydrogens is 155 g/mol. The normalized spacial score (nSPS) is 33.8. The molecule has 0 saturated heterocycles. The highest BCUT2D eigenvalue weighted by atomic mass is 19.4. The summed E-state index contributed by atoms with van der Waals surface area (Å²) in [7, 11) is 0. The second kappa shape index (κ2) is 3.01. The lowest BCUT2D eigenvalue weighted by atomic mass is 9.85. The number of alkyl halides is 3. The van der Waals surface area contributed by atoms with Crippen molar-refractivity contribution in [2.45, 2.75) is 31.5 Å². The van der Waals surface area contributed by atoms with Gasteiger partial charge in [0.15, 0.2) is 0 Å². The number of halogens is 3. The third kappa shape index (κ3) is 2.09. The maximum Gasteiger partial charge on any atom is 0.393 e. The van der Waals surface area contributed by atoms with Crippen molar-refractivity contribution in [2.24, 2.45) is 11.7 Å². The third-order valence-corrected chi connectivity index (χ3v) is 2.04. The molecule has 1 rings (SSSR count). The number of nitrogens with two attached hydrogens (primary N) is 1. The summed E-state index contributed by atoms with van der Waals surface area (Å²) in [6.45, 7) is 0. The molecule has 0 aromatic heterocycles. The highest BCUT2D eigenvalue weighted by Crippen LogP contribution is 2.36. The summed E-state index contributed by atoms with van der Waals surface area (Å²) in [4.78, 5) is 0. The summed E-state index contributed by atoms with van der Waals surface area (Å²) in [5.74, 6) is -1.31. The Hall–Kier alpha value is -0.250. The predicted molar refractivity (Wildman–Crippen MR) is 35.7 cm³/mol. The van der Waals surface area contributed by atoms with E-state index in [0.717, 1.165) is 0 Å². The first-order chi connectivity index (χ1) is 5.02. The third-order valence-electron chi connectivity index (χ3n) is 2.04. The van der Waals surface area contributed by atoms with E-state index < -0.39 is 18.1 Å². The summed E-state index contributed by atoms with van der Waals surface area (Å²) in [6.07, 6.45) is -1.05. The summed E-state index contributed by atoms with van der Waals surface area (Å²) >= 11 is 0. The molecule has 0 aliphatic heterocycles. The second-order valence-corrected chi connectivity index (χ2v) is 2.89. The zero-order valence-corrected chi connectivity index (χ0v) is 6.06. The van der Waals surface area contributed by atoms with E-state index in [2.05, 4.69) is 0 Å². The van der Waals surface area contributed by atoms with Gasteiger partial charge in [0.05, 0.1) is 5.92 Å². The van der Waals surface area contributed by atoms with Crippen LogP contribution < -0.4 is 5.73 Å². The van der Waals surface area contributed by atoms with Gasteiger partial charge in [-0.25, -0.2) is 0 Å². The van der Waals surface area contributed by atoms with Gasteiger partial charge < -0.3 is 5.73 Å². The van der Waals surface area contributed by atoms with Gasteiger partial charge in [-0.1, -0.05) is 6.42 Å². The van der Waals surface area contributed by atoms with E-state index in [9.17, 15) is 13.2 Å². The Labute approximate surface area is 63.8 Å². The lowest BCUT2D eigenvalue weighted by molar-refractivity contribution is -0.182. The van der Waals surface area contributed by atoms with Crippen LogP contribution in [0.3, 0.4) is 0 Å². The molecule has 2 atom stereocenters. The molecule has 1 radical (unpaired) electrons. The van der Waals surface area contributed by atoms with Crippen LogP contribution >= 0.6 is 0 Å². The SMILES string of the molecule is NC1[CH]CCCC1C(F)(F)F. The lowest BCUT2D eigenvalue weighted by Crippen LogP contribution is -2.42. The highest BCUT2D eigenvalue weighted by Gasteiger charge is 2.43. The molecule has 1 aliphatic carbocycles. The largest absolute Gasteiger partial charge is 0.393 e. The van der Waals surface area contributed by atoms with Gasteiger partial charge in [-0.15, -0.1) is 0 Å². The van der Waals surface area contributed by atoms with Gasteiger partial charge >= 0.3 is 6.18 Å². The van der Waals surface area contributed by atoms with E-state index in [0.29, 0.717) is 12.8 Å². The van der Waals surface area contributed by atoms with Gasteiger partial charge in [0.2, 0.25) is 0 Å². The first kappa shape index (κ1) is 8.84. The van der Waals surface area contributed by atoms with Crippen LogP contribution in [0, 0.1) is 12.3 Å². The van der Waals surface area contributed by atoms with Crippen molar-refractivity contribution in [2.75, 3.05) is 0 Å². The zero-order valence-electron chi connectivity index (χ0n) is 6.06. The van der Waals surface area contributed by atoms with Crippen LogP contribution in [0.4, 0.5) is 13.2 Å². The van der Waals surface area contributed by atoms with Gasteiger partial charge in [0.1, 0.15) is 0 Å². The maximum atomic E-state index is 12.1. The van der Waals surface area contributed by atoms with E-state index in [4.69, 9.17) is 5.73 Å². The smallest absolute Gasteiger partial charge is 0.327 e. The van der Waals surface area contributed by atoms with E-state index in [-0.39, 0.29) is 6.42 Å². The molecule has 1 nitrogen and oxygen atoms in total. The van der Waals surface area contributed by atoms with Gasteiger partial charge in [-0.05, 0) is 19.3 Å². The Morgan fingerprint density at radius 3 is 2.36 bits per heavy atom. The van der Waals surface area contributed by atoms with Gasteiger partial charge in [0.25, 0.3) is 0 Å². The van der Waals surface area contributed by atoms with Crippen molar-refractivity contribution < 1.29 is 13.2 Å². The Balaban J connectivity index is 2.55. The first-order valence-electron chi connectivity index (χ1n) is 3.67. The molecule has 2 N–H and O–H groups in total. The molecule has 0 spiro atoms. The second-order valence-electron chi connectivity index (χ2n) is 2.89. The van der Waals surface area contributed by atoms with Crippen LogP contribution in [0.1, 0.15) is 19.3 Å². The minimum atomic E-state index is -4.11. The first-order valence-corrected chi connectivity index (χ1v) is 3.67. The standard InChI is InChI=1S/C7H11F3N/c8-7(9,10)5-3-1-2-4-6(5)11/h4-6H,1-3,11H2. The molecule has 65 valence electrons. The van der Waals surface area contributed by atoms with Crippen LogP contribution in [-0.2, 0) is 0 Å². The lowest BCUT2D eigenvalue weighted by Gasteiger charge is -2.29. The minimum Gasteiger partial charge on any atom is -0.327 e. The van der Waals surface area contributed by atoms with Crippen LogP contribution in [0.15, 0.2) is 0 Å². The molecule has 4 heteroatoms. The molecule has 11 heavy (non-hydrogen) atoms. The Morgan fingerprint density at radius 1 is 1.36 bits per heavy atom. The van der Waals surface area contributed by atoms with E-state index in [1.54, 1.807) is 6.42 Å². The predicted octanol–water partition coefficient (Wildman–Crippen LogP) is 1.88. The fraction of sp³-hybridized carbons (Fsp3) is 0.857. The summed E-state index contributed by atoms with van der Waals surface area (Å²) < 4.78 is 36.3. The monoisotopic (exact) mass is 166 g/mol. The van der Waals surface area contributed by atoms with Crippen molar-refractivity contribution in [3.05, 3.63) is 6.42 Å². The number of hydrogen-bond acceptors (Lipinski definition) is 1. The van der Waals surface area contributed by atoms with Crippen molar-refractivity contribution in [1.82, 2.24) is 0 Å². The molecule has 0 aromatic rings. The van der Waals surface area contributed by atoms with Crippen LogP contribution in [-0.4, -0.2) is 12.2 Å². The molecule has 0 heterocycles. The molecular formula is C7H11F3N. The van der Waals surface area contributed by atoms with Crippen molar-refractivity contribution in [1.29, 1.82) is 0 Å². The van der Waals surface area contributed by atoms with E-state index in [1.165, 1.54) is 0 Å². The summed E-state index contributed by atoms with van der Waals surface area (Å²) in [5, 5.41) is 0. The highest BCUT2D eigenvalue weighted by molar-refractivity contribution is 4.93. The fourth-order valence-corrected chi connectivity index (χ4v) is 1.39. The quantitative estimate of drug-likeness (QED) is 0.584. The Bertz CT molecular complexity index is 132. The van der Waals surface area contributed by atoms with Gasteiger partial charge in [-0.2, -0.15) is 13.2 Å². The molecule has 2 unspecified atom stereocenters. The van der Waals surface area contributed by atoms with Crippen molar-refractivity contribution >= 4 is 0 Å². The van der Waals surface area contributed by atoms with Gasteiger partial charge in [-0.3, -0.25) is 0 Å². The molecule has 0 amide bonds. The summed E-state index contributed by atoms with van der Waals surface area (Å²) in [5.41, 5.74) is 5.29. The summed E-state index contributed by atoms with van der Waals surface area (Å²) in [6, 6.07) is -0.788. The average Bonchev–Trinajstić information content (AvgIpc) is 1.86. The molecule has 1 saturated carbocycles. The van der Waals surface area contributed by atoms with Crippen molar-refractivity contribution in [3.8, 4) is 0 Å². The molecule has 1 aliphatic rings. The van der Waals surface area contributed by atoms with E-state index in [1.807, 2.05) is 0 Å². The average molecular weight is 166 g/mol. The van der Waals surface area contributed by atoms with Crippen LogP contribution in [0.2, 0.25) is 0 Å². The molecule has 0 aromatic carbocycles. The van der Waals surface area contributed by atoms with Gasteiger partial charge in [0, 0.05) is 6.04 Å².